The number of anilines is 2. The van der Waals surface area contributed by atoms with E-state index in [0.29, 0.717) is 55.4 Å². The van der Waals surface area contributed by atoms with Gasteiger partial charge < -0.3 is 25.4 Å². The van der Waals surface area contributed by atoms with Crippen molar-refractivity contribution < 1.29 is 30.4 Å². The molecular formula is C28H31F3N6O3. The molecule has 0 spiro atoms. The second kappa shape index (κ2) is 8.98. The number of nitrogens with zero attached hydrogens (tertiary/aromatic N) is 3. The summed E-state index contributed by atoms with van der Waals surface area (Å²) in [5, 5.41) is 0.223. The minimum atomic E-state index is -4.49. The van der Waals surface area contributed by atoms with Gasteiger partial charge in [0.1, 0.15) is 11.4 Å². The van der Waals surface area contributed by atoms with Crippen LogP contribution >= 0.6 is 0 Å². The van der Waals surface area contributed by atoms with Gasteiger partial charge in [-0.3, -0.25) is 9.59 Å². The molecule has 2 amide bonds. The van der Waals surface area contributed by atoms with Gasteiger partial charge in [-0.15, -0.1) is 5.53 Å². The van der Waals surface area contributed by atoms with Crippen molar-refractivity contribution in [2.45, 2.75) is 13.1 Å². The Morgan fingerprint density at radius 3 is 2.23 bits per heavy atom. The maximum atomic E-state index is 13.5. The zero-order valence-electron chi connectivity index (χ0n) is 21.6. The molecule has 2 saturated heterocycles. The van der Waals surface area contributed by atoms with Crippen molar-refractivity contribution in [3.63, 3.8) is 0 Å². The molecule has 2 aromatic carbocycles. The first-order valence-corrected chi connectivity index (χ1v) is 13.4. The number of hydrogen-bond donors (Lipinski definition) is 3. The lowest BCUT2D eigenvalue weighted by molar-refractivity contribution is -0.137. The smallest absolute Gasteiger partial charge is 0.416 e. The van der Waals surface area contributed by atoms with Crippen LogP contribution in [0.15, 0.2) is 42.5 Å². The Kier molecular flexibility index (Phi) is 5.60. The number of carbonyl (C=O) groups excluding carboxylic acids is 2. The first-order valence-electron chi connectivity index (χ1n) is 13.4. The average Bonchev–Trinajstić information content (AvgIpc) is 3.66. The average molecular weight is 557 g/mol. The number of ether oxygens (including phenoxy) is 1. The Balaban J connectivity index is 0.00000176. The molecule has 3 N–H and O–H groups in total. The van der Waals surface area contributed by atoms with E-state index in [2.05, 4.69) is 21.4 Å². The zero-order valence-corrected chi connectivity index (χ0v) is 21.6. The van der Waals surface area contributed by atoms with Crippen LogP contribution in [0.4, 0.5) is 24.5 Å². The molecule has 40 heavy (non-hydrogen) atoms. The number of halogens is 3. The summed E-state index contributed by atoms with van der Waals surface area (Å²) in [5.74, 6) is 1.26. The summed E-state index contributed by atoms with van der Waals surface area (Å²) >= 11 is 0. The molecule has 4 atom stereocenters. The van der Waals surface area contributed by atoms with E-state index in [1.54, 1.807) is 11.8 Å². The molecule has 9 nitrogen and oxygen atoms in total. The van der Waals surface area contributed by atoms with E-state index >= 15 is 0 Å². The highest BCUT2D eigenvalue weighted by molar-refractivity contribution is 5.98. The number of aromatic nitrogens is 1. The Labute approximate surface area is 230 Å². The highest BCUT2D eigenvalue weighted by atomic mass is 19.4. The minimum absolute atomic E-state index is 0. The number of amides is 2. The number of likely N-dealkylation sites (tertiary alicyclic amines) is 2. The maximum Gasteiger partial charge on any atom is 0.416 e. The van der Waals surface area contributed by atoms with Gasteiger partial charge >= 0.3 is 6.18 Å². The number of pyridine rings is 1. The number of alkyl halides is 3. The molecule has 4 heterocycles. The number of fused-ring (bicyclic) bond motifs is 6. The van der Waals surface area contributed by atoms with Crippen LogP contribution in [0.2, 0.25) is 0 Å². The second-order valence-electron chi connectivity index (χ2n) is 10.9. The van der Waals surface area contributed by atoms with E-state index in [1.807, 2.05) is 23.1 Å². The lowest BCUT2D eigenvalue weighted by Gasteiger charge is -2.42. The first kappa shape index (κ1) is 24.9. The van der Waals surface area contributed by atoms with E-state index in [4.69, 9.17) is 4.74 Å². The highest BCUT2D eigenvalue weighted by Gasteiger charge is 2.59. The third-order valence-electron chi connectivity index (χ3n) is 8.78. The number of benzene rings is 2. The Hall–Kier alpha value is -4.06. The molecule has 3 aromatic rings. The van der Waals surface area contributed by atoms with Crippen molar-refractivity contribution in [1.82, 2.24) is 20.3 Å². The fraction of sp³-hybridized carbons (Fsp3) is 0.393. The van der Waals surface area contributed by atoms with E-state index in [-0.39, 0.29) is 43.6 Å². The van der Waals surface area contributed by atoms with Crippen LogP contribution < -0.4 is 21.1 Å². The SMILES string of the molecule is CCOc1cc(C(=O)N2CC3C(C2)[C@@H]2CN(C(=O)c4ccc5c(c4)NNN5)C[C@H]32)nc2ccc(C(F)(F)F)cc12.[HH].[HH]. The fourth-order valence-corrected chi connectivity index (χ4v) is 6.86. The van der Waals surface area contributed by atoms with Crippen LogP contribution in [0, 0.1) is 23.7 Å². The maximum absolute atomic E-state index is 13.5. The van der Waals surface area contributed by atoms with Crippen LogP contribution in [-0.4, -0.2) is 59.4 Å². The number of hydrogen-bond acceptors (Lipinski definition) is 7. The normalized spacial score (nSPS) is 24.6. The summed E-state index contributed by atoms with van der Waals surface area (Å²) in [4.78, 5) is 34.9. The first-order chi connectivity index (χ1) is 19.2. The van der Waals surface area contributed by atoms with Crippen molar-refractivity contribution >= 4 is 34.1 Å². The van der Waals surface area contributed by atoms with Gasteiger partial charge in [-0.1, -0.05) is 0 Å². The molecule has 2 unspecified atom stereocenters. The van der Waals surface area contributed by atoms with Gasteiger partial charge in [0.05, 0.1) is 29.1 Å². The van der Waals surface area contributed by atoms with Gasteiger partial charge in [-0.25, -0.2) is 4.98 Å². The molecule has 12 heteroatoms. The molecule has 0 radical (unpaired) electrons. The van der Waals surface area contributed by atoms with Gasteiger partial charge in [0.15, 0.2) is 0 Å². The standard InChI is InChI=1S/C28H27F3N6O3.2H2/c1-2-40-25-9-24(32-21-6-4-15(8-16(21)25)28(29,30)31)27(39)37-12-19-17-10-36(11-18(17)20(19)13-37)26(38)14-3-5-22-23(7-14)34-35-33-22;;/h3-9,17-20,33-35H,2,10-13H2,1H3;2*1H/t17-,18+,19?,20?;;. The molecule has 212 valence electrons. The predicted molar refractivity (Wildman–Crippen MR) is 145 cm³/mol. The fourth-order valence-electron chi connectivity index (χ4n) is 6.86. The molecule has 3 fully saturated rings. The summed E-state index contributed by atoms with van der Waals surface area (Å²) in [7, 11) is 0. The van der Waals surface area contributed by atoms with E-state index in [0.717, 1.165) is 23.5 Å². The summed E-state index contributed by atoms with van der Waals surface area (Å²) in [6, 6.07) is 10.2. The van der Waals surface area contributed by atoms with Crippen molar-refractivity contribution in [3.05, 3.63) is 59.3 Å². The van der Waals surface area contributed by atoms with E-state index in [9.17, 15) is 22.8 Å². The Morgan fingerprint density at radius 2 is 1.57 bits per heavy atom. The van der Waals surface area contributed by atoms with Crippen LogP contribution in [-0.2, 0) is 6.18 Å². The third-order valence-corrected chi connectivity index (χ3v) is 8.78. The highest BCUT2D eigenvalue weighted by Crippen LogP contribution is 2.54. The quantitative estimate of drug-likeness (QED) is 0.436. The van der Waals surface area contributed by atoms with Crippen molar-refractivity contribution in [2.24, 2.45) is 23.7 Å². The number of carbonyl (C=O) groups is 2. The lowest BCUT2D eigenvalue weighted by Crippen LogP contribution is -2.44. The van der Waals surface area contributed by atoms with Crippen LogP contribution in [0.1, 0.15) is 36.2 Å². The minimum Gasteiger partial charge on any atom is -0.493 e. The predicted octanol–water partition coefficient (Wildman–Crippen LogP) is 4.49. The summed E-state index contributed by atoms with van der Waals surface area (Å²) in [6.07, 6.45) is -4.49. The largest absolute Gasteiger partial charge is 0.493 e. The molecule has 3 aliphatic heterocycles. The molecule has 1 aliphatic carbocycles. The second-order valence-corrected chi connectivity index (χ2v) is 10.9. The number of rotatable bonds is 4. The third kappa shape index (κ3) is 3.92. The lowest BCUT2D eigenvalue weighted by atomic mass is 9.60. The molecule has 0 bridgehead atoms. The number of nitrogens with one attached hydrogen (secondary N) is 3. The monoisotopic (exact) mass is 556 g/mol. The van der Waals surface area contributed by atoms with Crippen LogP contribution in [0.25, 0.3) is 10.9 Å². The molecule has 1 saturated carbocycles. The molecule has 4 aliphatic rings. The molecule has 1 aromatic heterocycles. The van der Waals surface area contributed by atoms with Gasteiger partial charge in [-0.2, -0.15) is 13.2 Å². The summed E-state index contributed by atoms with van der Waals surface area (Å²) in [6.45, 7) is 4.45. The van der Waals surface area contributed by atoms with Gasteiger partial charge in [0.2, 0.25) is 0 Å². The van der Waals surface area contributed by atoms with Gasteiger partial charge in [0, 0.05) is 46.0 Å². The molecule has 7 rings (SSSR count). The van der Waals surface area contributed by atoms with E-state index in [1.165, 1.54) is 12.1 Å². The van der Waals surface area contributed by atoms with Crippen LogP contribution in [0.5, 0.6) is 5.75 Å². The van der Waals surface area contributed by atoms with Crippen molar-refractivity contribution in [1.29, 1.82) is 0 Å². The Morgan fingerprint density at radius 1 is 0.925 bits per heavy atom. The summed E-state index contributed by atoms with van der Waals surface area (Å²) in [5.41, 5.74) is 10.8. The Bertz CT molecular complexity index is 1540. The summed E-state index contributed by atoms with van der Waals surface area (Å²) < 4.78 is 45.4. The number of hydrazine groups is 2. The zero-order chi connectivity index (χ0) is 27.8. The van der Waals surface area contributed by atoms with E-state index < -0.39 is 11.7 Å². The topological polar surface area (TPSA) is 98.8 Å². The van der Waals surface area contributed by atoms with Crippen molar-refractivity contribution in [3.8, 4) is 5.75 Å². The van der Waals surface area contributed by atoms with Gasteiger partial charge in [-0.05, 0) is 67.0 Å². The van der Waals surface area contributed by atoms with Crippen molar-refractivity contribution in [2.75, 3.05) is 43.6 Å². The van der Waals surface area contributed by atoms with Crippen LogP contribution in [0.3, 0.4) is 0 Å². The van der Waals surface area contributed by atoms with Gasteiger partial charge in [0.25, 0.3) is 11.8 Å². The molecular weight excluding hydrogens is 525 g/mol.